The molecule has 7 nitrogen and oxygen atoms in total. The van der Waals surface area contributed by atoms with E-state index in [2.05, 4.69) is 13.2 Å². The van der Waals surface area contributed by atoms with Gasteiger partial charge in [-0.05, 0) is 26.0 Å². The van der Waals surface area contributed by atoms with E-state index in [1.807, 2.05) is 0 Å². The van der Waals surface area contributed by atoms with Crippen molar-refractivity contribution in [2.45, 2.75) is 18.7 Å². The highest BCUT2D eigenvalue weighted by molar-refractivity contribution is 7.85. The second-order valence-corrected chi connectivity index (χ2v) is 5.50. The molecule has 0 atom stereocenters. The lowest BCUT2D eigenvalue weighted by Gasteiger charge is -1.92. The van der Waals surface area contributed by atoms with Crippen LogP contribution in [-0.4, -0.2) is 24.8 Å². The monoisotopic (exact) mass is 328 g/mol. The summed E-state index contributed by atoms with van der Waals surface area (Å²) in [5.74, 6) is -0.870. The molecule has 1 aromatic carbocycles. The van der Waals surface area contributed by atoms with Crippen molar-refractivity contribution < 1.29 is 22.6 Å². The SMILES string of the molecule is C=C(C)C(N)=O.C=C(C)C(N)=O.O=S(=O)(O)c1ccccc1. The predicted molar refractivity (Wildman–Crippen MR) is 84.3 cm³/mol. The maximum atomic E-state index is 10.4. The Balaban J connectivity index is 0. The quantitative estimate of drug-likeness (QED) is 0.561. The van der Waals surface area contributed by atoms with Crippen molar-refractivity contribution in [2.24, 2.45) is 11.5 Å². The number of benzene rings is 1. The lowest BCUT2D eigenvalue weighted by Crippen LogP contribution is -2.10. The first-order valence-corrected chi connectivity index (χ1v) is 7.26. The highest BCUT2D eigenvalue weighted by Gasteiger charge is 2.05. The highest BCUT2D eigenvalue weighted by atomic mass is 32.2. The number of carbonyl (C=O) groups is 2. The number of hydrogen-bond donors (Lipinski definition) is 3. The Morgan fingerprint density at radius 3 is 1.36 bits per heavy atom. The average molecular weight is 328 g/mol. The molecule has 8 heteroatoms. The van der Waals surface area contributed by atoms with Crippen molar-refractivity contribution in [1.82, 2.24) is 0 Å². The zero-order valence-corrected chi connectivity index (χ0v) is 13.3. The van der Waals surface area contributed by atoms with Gasteiger partial charge >= 0.3 is 0 Å². The first-order valence-electron chi connectivity index (χ1n) is 5.82. The van der Waals surface area contributed by atoms with Gasteiger partial charge in [-0.25, -0.2) is 0 Å². The van der Waals surface area contributed by atoms with Crippen molar-refractivity contribution in [2.75, 3.05) is 0 Å². The van der Waals surface area contributed by atoms with Crippen LogP contribution >= 0.6 is 0 Å². The second-order valence-electron chi connectivity index (χ2n) is 4.08. The van der Waals surface area contributed by atoms with Gasteiger partial charge in [0.1, 0.15) is 0 Å². The van der Waals surface area contributed by atoms with E-state index in [4.69, 9.17) is 16.0 Å². The minimum absolute atomic E-state index is 0.0741. The summed E-state index contributed by atoms with van der Waals surface area (Å²) < 4.78 is 29.2. The number of amides is 2. The Bertz CT molecular complexity index is 588. The summed E-state index contributed by atoms with van der Waals surface area (Å²) >= 11 is 0. The Morgan fingerprint density at radius 1 is 0.955 bits per heavy atom. The van der Waals surface area contributed by atoms with E-state index < -0.39 is 21.9 Å². The largest absolute Gasteiger partial charge is 0.366 e. The van der Waals surface area contributed by atoms with Crippen LogP contribution in [0, 0.1) is 0 Å². The van der Waals surface area contributed by atoms with E-state index in [9.17, 15) is 18.0 Å². The second kappa shape index (κ2) is 10.3. The molecule has 0 bridgehead atoms. The molecular weight excluding hydrogens is 308 g/mol. The minimum atomic E-state index is -4.00. The molecule has 0 aliphatic rings. The van der Waals surface area contributed by atoms with E-state index in [0.29, 0.717) is 11.1 Å². The molecule has 0 aromatic heterocycles. The lowest BCUT2D eigenvalue weighted by molar-refractivity contribution is -0.115. The molecular formula is C14H20N2O5S. The molecule has 0 unspecified atom stereocenters. The van der Waals surface area contributed by atoms with Crippen LogP contribution in [0.3, 0.4) is 0 Å². The fourth-order valence-corrected chi connectivity index (χ4v) is 1.09. The molecule has 5 N–H and O–H groups in total. The van der Waals surface area contributed by atoms with Crippen LogP contribution in [0.15, 0.2) is 59.5 Å². The van der Waals surface area contributed by atoms with Crippen LogP contribution in [0.5, 0.6) is 0 Å². The summed E-state index contributed by atoms with van der Waals surface area (Å²) in [6, 6.07) is 7.42. The molecule has 0 spiro atoms. The third kappa shape index (κ3) is 12.6. The van der Waals surface area contributed by atoms with Crippen LogP contribution in [0.1, 0.15) is 13.8 Å². The van der Waals surface area contributed by atoms with Crippen LogP contribution in [-0.2, 0) is 19.7 Å². The maximum Gasteiger partial charge on any atom is 0.294 e. The Kier molecular flexibility index (Phi) is 10.2. The Hall–Kier alpha value is -2.45. The van der Waals surface area contributed by atoms with Crippen LogP contribution in [0.25, 0.3) is 0 Å². The number of carbonyl (C=O) groups excluding carboxylic acids is 2. The predicted octanol–water partition coefficient (Wildman–Crippen LogP) is 1.03. The van der Waals surface area contributed by atoms with E-state index in [1.165, 1.54) is 12.1 Å². The van der Waals surface area contributed by atoms with Gasteiger partial charge in [0.2, 0.25) is 11.8 Å². The van der Waals surface area contributed by atoms with Gasteiger partial charge in [0.15, 0.2) is 0 Å². The summed E-state index contributed by atoms with van der Waals surface area (Å²) in [4.78, 5) is 19.6. The van der Waals surface area contributed by atoms with E-state index in [-0.39, 0.29) is 4.90 Å². The van der Waals surface area contributed by atoms with Crippen LogP contribution in [0.4, 0.5) is 0 Å². The first kappa shape index (κ1) is 21.8. The summed E-state index contributed by atoms with van der Waals surface area (Å²) in [6.45, 7) is 9.70. The summed E-state index contributed by atoms with van der Waals surface area (Å²) in [6.07, 6.45) is 0. The highest BCUT2D eigenvalue weighted by Crippen LogP contribution is 2.05. The fraction of sp³-hybridized carbons (Fsp3) is 0.143. The lowest BCUT2D eigenvalue weighted by atomic mass is 10.3. The average Bonchev–Trinajstić information content (AvgIpc) is 2.40. The third-order valence-corrected chi connectivity index (χ3v) is 2.75. The molecule has 0 aliphatic heterocycles. The number of rotatable bonds is 3. The van der Waals surface area contributed by atoms with Gasteiger partial charge < -0.3 is 11.5 Å². The minimum Gasteiger partial charge on any atom is -0.366 e. The summed E-state index contributed by atoms with van der Waals surface area (Å²) in [5, 5.41) is 0. The summed E-state index contributed by atoms with van der Waals surface area (Å²) in [5.41, 5.74) is 10.2. The van der Waals surface area contributed by atoms with Gasteiger partial charge in [0.05, 0.1) is 4.90 Å². The normalized spacial score (nSPS) is 9.23. The number of primary amides is 2. The molecule has 1 aromatic rings. The third-order valence-electron chi connectivity index (χ3n) is 1.88. The van der Waals surface area contributed by atoms with Gasteiger partial charge in [-0.2, -0.15) is 8.42 Å². The van der Waals surface area contributed by atoms with Crippen molar-refractivity contribution in [3.8, 4) is 0 Å². The van der Waals surface area contributed by atoms with Gasteiger partial charge in [-0.3, -0.25) is 14.1 Å². The molecule has 0 radical (unpaired) electrons. The van der Waals surface area contributed by atoms with Crippen molar-refractivity contribution in [3.05, 3.63) is 54.6 Å². The molecule has 0 aliphatic carbocycles. The van der Waals surface area contributed by atoms with E-state index in [0.717, 1.165) is 0 Å². The van der Waals surface area contributed by atoms with Gasteiger partial charge in [0, 0.05) is 11.1 Å². The molecule has 0 heterocycles. The van der Waals surface area contributed by atoms with Crippen LogP contribution < -0.4 is 11.5 Å². The fourth-order valence-electron chi connectivity index (χ4n) is 0.592. The topological polar surface area (TPSA) is 141 Å². The maximum absolute atomic E-state index is 10.4. The van der Waals surface area contributed by atoms with Crippen molar-refractivity contribution >= 4 is 21.9 Å². The van der Waals surface area contributed by atoms with Crippen molar-refractivity contribution in [3.63, 3.8) is 0 Å². The number of hydrogen-bond acceptors (Lipinski definition) is 4. The standard InChI is InChI=1S/C6H6O3S.2C4H7NO/c7-10(8,9)6-4-2-1-3-5-6;2*1-3(2)4(5)6/h1-5H,(H,7,8,9);2*1H2,2H3,(H2,5,6). The van der Waals surface area contributed by atoms with Crippen LogP contribution in [0.2, 0.25) is 0 Å². The van der Waals surface area contributed by atoms with E-state index >= 15 is 0 Å². The Labute approximate surface area is 130 Å². The zero-order chi connectivity index (χ0) is 17.9. The molecule has 122 valence electrons. The molecule has 22 heavy (non-hydrogen) atoms. The molecule has 0 fully saturated rings. The number of nitrogens with two attached hydrogens (primary N) is 2. The molecule has 1 rings (SSSR count). The molecule has 0 saturated heterocycles. The Morgan fingerprint density at radius 2 is 1.23 bits per heavy atom. The van der Waals surface area contributed by atoms with Gasteiger partial charge in [-0.1, -0.05) is 31.4 Å². The zero-order valence-electron chi connectivity index (χ0n) is 12.4. The van der Waals surface area contributed by atoms with Crippen molar-refractivity contribution in [1.29, 1.82) is 0 Å². The van der Waals surface area contributed by atoms with E-state index in [1.54, 1.807) is 32.0 Å². The smallest absolute Gasteiger partial charge is 0.294 e. The first-order chi connectivity index (χ1) is 9.89. The molecule has 0 saturated carbocycles. The summed E-state index contributed by atoms with van der Waals surface area (Å²) in [7, 11) is -4.00. The van der Waals surface area contributed by atoms with Gasteiger partial charge in [0.25, 0.3) is 10.1 Å². The molecule has 2 amide bonds. The van der Waals surface area contributed by atoms with Gasteiger partial charge in [-0.15, -0.1) is 0 Å².